The van der Waals surface area contributed by atoms with Crippen LogP contribution in [0.15, 0.2) is 30.5 Å². The van der Waals surface area contributed by atoms with Crippen molar-refractivity contribution in [1.82, 2.24) is 19.9 Å². The standard InChI is InChI=1S/C27H34N6O3/c1-18-16-22-20(7-9-28-22)25(19(18)2)33-10-8-21-23(17-33)29-27(36-4)30-26(21)32-13-11-31(12-14-32)24(34)6-5-15-35-3/h5-7,9,16,28H,8,10-15,17H2,1-4H3/b6-5+. The van der Waals surface area contributed by atoms with Crippen molar-refractivity contribution in [3.05, 3.63) is 52.9 Å². The molecule has 2 aliphatic heterocycles. The van der Waals surface area contributed by atoms with E-state index >= 15 is 0 Å². The largest absolute Gasteiger partial charge is 0.467 e. The molecule has 3 aromatic rings. The number of H-pyrrole nitrogens is 1. The number of aromatic nitrogens is 3. The first-order valence-corrected chi connectivity index (χ1v) is 12.5. The molecule has 0 spiro atoms. The summed E-state index contributed by atoms with van der Waals surface area (Å²) in [7, 11) is 3.23. The Morgan fingerprint density at radius 1 is 1.11 bits per heavy atom. The molecule has 0 unspecified atom stereocenters. The summed E-state index contributed by atoms with van der Waals surface area (Å²) in [5.74, 6) is 0.959. The first-order valence-electron chi connectivity index (χ1n) is 12.5. The van der Waals surface area contributed by atoms with Gasteiger partial charge < -0.3 is 29.2 Å². The van der Waals surface area contributed by atoms with Gasteiger partial charge in [-0.2, -0.15) is 9.97 Å². The van der Waals surface area contributed by atoms with Gasteiger partial charge >= 0.3 is 6.01 Å². The number of carbonyl (C=O) groups excluding carboxylic acids is 1. The van der Waals surface area contributed by atoms with Crippen molar-refractivity contribution in [3.63, 3.8) is 0 Å². The molecule has 0 atom stereocenters. The molecule has 5 rings (SSSR count). The summed E-state index contributed by atoms with van der Waals surface area (Å²) in [6, 6.07) is 4.76. The van der Waals surface area contributed by atoms with Gasteiger partial charge in [-0.25, -0.2) is 0 Å². The topological polar surface area (TPSA) is 86.8 Å². The highest BCUT2D eigenvalue weighted by Crippen LogP contribution is 2.37. The molecule has 4 heterocycles. The van der Waals surface area contributed by atoms with Crippen LogP contribution >= 0.6 is 0 Å². The van der Waals surface area contributed by atoms with Gasteiger partial charge in [-0.3, -0.25) is 4.79 Å². The zero-order valence-electron chi connectivity index (χ0n) is 21.5. The Morgan fingerprint density at radius 2 is 1.92 bits per heavy atom. The molecular weight excluding hydrogens is 456 g/mol. The van der Waals surface area contributed by atoms with Crippen LogP contribution in [0.5, 0.6) is 6.01 Å². The van der Waals surface area contributed by atoms with Crippen molar-refractivity contribution in [2.45, 2.75) is 26.8 Å². The number of nitrogens with one attached hydrogen (secondary N) is 1. The smallest absolute Gasteiger partial charge is 0.318 e. The summed E-state index contributed by atoms with van der Waals surface area (Å²) >= 11 is 0. The fourth-order valence-electron chi connectivity index (χ4n) is 5.25. The van der Waals surface area contributed by atoms with Crippen molar-refractivity contribution in [2.24, 2.45) is 0 Å². The molecule has 0 saturated carbocycles. The summed E-state index contributed by atoms with van der Waals surface area (Å²) in [6.45, 7) is 9.14. The van der Waals surface area contributed by atoms with Crippen molar-refractivity contribution >= 4 is 28.3 Å². The SMILES string of the molecule is COC/C=C/C(=O)N1CCN(c2nc(OC)nc3c2CCN(c2c(C)c(C)cc4[nH]ccc24)C3)CC1. The molecule has 190 valence electrons. The number of piperazine rings is 1. The van der Waals surface area contributed by atoms with Crippen LogP contribution in [0.1, 0.15) is 22.4 Å². The van der Waals surface area contributed by atoms with E-state index in [4.69, 9.17) is 19.4 Å². The predicted molar refractivity (Wildman–Crippen MR) is 141 cm³/mol. The summed E-state index contributed by atoms with van der Waals surface area (Å²) in [6.07, 6.45) is 6.21. The summed E-state index contributed by atoms with van der Waals surface area (Å²) in [5.41, 5.74) is 7.19. The fraction of sp³-hybridized carbons (Fsp3) is 0.444. The lowest BCUT2D eigenvalue weighted by molar-refractivity contribution is -0.126. The molecule has 1 saturated heterocycles. The Balaban J connectivity index is 1.39. The van der Waals surface area contributed by atoms with E-state index in [0.29, 0.717) is 32.3 Å². The van der Waals surface area contributed by atoms with Crippen molar-refractivity contribution in [2.75, 3.05) is 63.4 Å². The fourth-order valence-corrected chi connectivity index (χ4v) is 5.25. The van der Waals surface area contributed by atoms with Gasteiger partial charge in [0.1, 0.15) is 5.82 Å². The maximum atomic E-state index is 12.5. The lowest BCUT2D eigenvalue weighted by Crippen LogP contribution is -2.49. The molecule has 1 aromatic carbocycles. The Labute approximate surface area is 211 Å². The number of methoxy groups -OCH3 is 2. The molecule has 0 radical (unpaired) electrons. The minimum atomic E-state index is 0.0224. The van der Waals surface area contributed by atoms with Gasteiger partial charge in [-0.15, -0.1) is 0 Å². The second-order valence-corrected chi connectivity index (χ2v) is 9.41. The zero-order chi connectivity index (χ0) is 25.2. The maximum absolute atomic E-state index is 12.5. The molecule has 9 heteroatoms. The molecule has 1 fully saturated rings. The van der Waals surface area contributed by atoms with Gasteiger partial charge in [-0.1, -0.05) is 6.08 Å². The molecule has 2 aromatic heterocycles. The van der Waals surface area contributed by atoms with E-state index in [1.54, 1.807) is 26.4 Å². The highest BCUT2D eigenvalue weighted by Gasteiger charge is 2.29. The number of hydrogen-bond donors (Lipinski definition) is 1. The molecule has 1 N–H and O–H groups in total. The summed E-state index contributed by atoms with van der Waals surface area (Å²) in [4.78, 5) is 31.9. The van der Waals surface area contributed by atoms with Crippen LogP contribution < -0.4 is 14.5 Å². The number of hydrogen-bond acceptors (Lipinski definition) is 7. The number of amides is 1. The number of fused-ring (bicyclic) bond motifs is 2. The highest BCUT2D eigenvalue weighted by molar-refractivity contribution is 5.95. The van der Waals surface area contributed by atoms with Crippen LogP contribution in [-0.2, 0) is 22.5 Å². The zero-order valence-corrected chi connectivity index (χ0v) is 21.5. The quantitative estimate of drug-likeness (QED) is 0.532. The van der Waals surface area contributed by atoms with Gasteiger partial charge in [0, 0.05) is 74.3 Å². The first-order chi connectivity index (χ1) is 17.5. The van der Waals surface area contributed by atoms with Gasteiger partial charge in [0.05, 0.1) is 26.0 Å². The van der Waals surface area contributed by atoms with Gasteiger partial charge in [0.25, 0.3) is 0 Å². The Kier molecular flexibility index (Phi) is 6.82. The third kappa shape index (κ3) is 4.51. The number of anilines is 2. The second-order valence-electron chi connectivity index (χ2n) is 9.41. The average Bonchev–Trinajstić information content (AvgIpc) is 3.36. The van der Waals surface area contributed by atoms with Crippen LogP contribution in [0.2, 0.25) is 0 Å². The third-order valence-corrected chi connectivity index (χ3v) is 7.28. The van der Waals surface area contributed by atoms with E-state index in [1.165, 1.54) is 27.8 Å². The van der Waals surface area contributed by atoms with Crippen molar-refractivity contribution in [1.29, 1.82) is 0 Å². The van der Waals surface area contributed by atoms with E-state index in [2.05, 4.69) is 40.8 Å². The highest BCUT2D eigenvalue weighted by atomic mass is 16.5. The van der Waals surface area contributed by atoms with Gasteiger partial charge in [0.2, 0.25) is 5.91 Å². The van der Waals surface area contributed by atoms with E-state index in [-0.39, 0.29) is 5.91 Å². The number of rotatable bonds is 6. The number of carbonyl (C=O) groups is 1. The number of benzene rings is 1. The Bertz CT molecular complexity index is 1290. The second kappa shape index (κ2) is 10.2. The normalized spacial score (nSPS) is 16.2. The first kappa shape index (κ1) is 24.1. The number of aromatic amines is 1. The van der Waals surface area contributed by atoms with Crippen molar-refractivity contribution in [3.8, 4) is 6.01 Å². The maximum Gasteiger partial charge on any atom is 0.318 e. The summed E-state index contributed by atoms with van der Waals surface area (Å²) in [5, 5.41) is 1.24. The molecule has 0 bridgehead atoms. The van der Waals surface area contributed by atoms with E-state index in [0.717, 1.165) is 43.1 Å². The molecule has 0 aliphatic carbocycles. The molecular formula is C27H34N6O3. The number of ether oxygens (including phenoxy) is 2. The molecule has 9 nitrogen and oxygen atoms in total. The Hall–Kier alpha value is -3.59. The van der Waals surface area contributed by atoms with Crippen LogP contribution in [-0.4, -0.2) is 79.3 Å². The minimum absolute atomic E-state index is 0.0224. The van der Waals surface area contributed by atoms with E-state index in [9.17, 15) is 4.79 Å². The van der Waals surface area contributed by atoms with Crippen LogP contribution in [0.4, 0.5) is 11.5 Å². The van der Waals surface area contributed by atoms with Gasteiger partial charge in [0.15, 0.2) is 0 Å². The third-order valence-electron chi connectivity index (χ3n) is 7.28. The van der Waals surface area contributed by atoms with E-state index in [1.807, 2.05) is 11.1 Å². The minimum Gasteiger partial charge on any atom is -0.467 e. The monoisotopic (exact) mass is 490 g/mol. The van der Waals surface area contributed by atoms with Crippen molar-refractivity contribution < 1.29 is 14.3 Å². The lowest BCUT2D eigenvalue weighted by Gasteiger charge is -2.38. The number of aryl methyl sites for hydroxylation is 1. The van der Waals surface area contributed by atoms with Gasteiger partial charge in [-0.05, 0) is 43.5 Å². The van der Waals surface area contributed by atoms with Crippen LogP contribution in [0.3, 0.4) is 0 Å². The Morgan fingerprint density at radius 3 is 2.67 bits per heavy atom. The summed E-state index contributed by atoms with van der Waals surface area (Å²) < 4.78 is 10.5. The average molecular weight is 491 g/mol. The lowest BCUT2D eigenvalue weighted by atomic mass is 9.99. The predicted octanol–water partition coefficient (Wildman–Crippen LogP) is 3.00. The molecule has 1 amide bonds. The van der Waals surface area contributed by atoms with Crippen LogP contribution in [0, 0.1) is 13.8 Å². The number of nitrogens with zero attached hydrogens (tertiary/aromatic N) is 5. The molecule has 36 heavy (non-hydrogen) atoms. The van der Waals surface area contributed by atoms with Crippen LogP contribution in [0.25, 0.3) is 10.9 Å². The molecule has 2 aliphatic rings. The van der Waals surface area contributed by atoms with E-state index < -0.39 is 0 Å².